The van der Waals surface area contributed by atoms with Crippen molar-refractivity contribution < 1.29 is 9.66 Å². The molecule has 0 saturated carbocycles. The van der Waals surface area contributed by atoms with Gasteiger partial charge in [0, 0.05) is 26.1 Å². The summed E-state index contributed by atoms with van der Waals surface area (Å²) in [4.78, 5) is 11.9. The predicted octanol–water partition coefficient (Wildman–Crippen LogP) is 1.39. The van der Waals surface area contributed by atoms with Gasteiger partial charge in [0.2, 0.25) is 0 Å². The van der Waals surface area contributed by atoms with Crippen LogP contribution in [-0.4, -0.2) is 42.9 Å². The number of nitrogens with zero attached hydrogens (tertiary/aromatic N) is 2. The lowest BCUT2D eigenvalue weighted by Gasteiger charge is -2.21. The van der Waals surface area contributed by atoms with Gasteiger partial charge >= 0.3 is 0 Å². The summed E-state index contributed by atoms with van der Waals surface area (Å²) in [5, 5.41) is 11.1. The Hall–Kier alpha value is -0.750. The summed E-state index contributed by atoms with van der Waals surface area (Å²) in [7, 11) is 1.88. The highest BCUT2D eigenvalue weighted by molar-refractivity contribution is 8.02. The van der Waals surface area contributed by atoms with Crippen molar-refractivity contribution in [1.29, 1.82) is 0 Å². The van der Waals surface area contributed by atoms with Crippen LogP contribution in [0.15, 0.2) is 11.2 Å². The molecule has 0 bridgehead atoms. The molecule has 0 N–H and O–H groups in total. The molecule has 1 heterocycles. The number of hydrogen-bond donors (Lipinski definition) is 0. The molecule has 1 aliphatic heterocycles. The maximum absolute atomic E-state index is 10.4. The van der Waals surface area contributed by atoms with E-state index in [4.69, 9.17) is 4.74 Å². The Bertz CT molecular complexity index is 252. The zero-order chi connectivity index (χ0) is 11.3. The first-order valence-corrected chi connectivity index (χ1v) is 6.04. The smallest absolute Gasteiger partial charge is 0.264 e. The molecule has 0 aromatic heterocycles. The number of thioether (sulfide) groups is 1. The van der Waals surface area contributed by atoms with Crippen LogP contribution in [0.3, 0.4) is 0 Å². The third kappa shape index (κ3) is 4.09. The highest BCUT2D eigenvalue weighted by Crippen LogP contribution is 2.20. The van der Waals surface area contributed by atoms with Crippen molar-refractivity contribution in [3.63, 3.8) is 0 Å². The van der Waals surface area contributed by atoms with Crippen LogP contribution in [0.25, 0.3) is 0 Å². The van der Waals surface area contributed by atoms with Gasteiger partial charge in [-0.05, 0) is 12.7 Å². The van der Waals surface area contributed by atoms with Crippen LogP contribution in [0.2, 0.25) is 0 Å². The van der Waals surface area contributed by atoms with E-state index in [0.717, 1.165) is 32.4 Å². The summed E-state index contributed by atoms with van der Waals surface area (Å²) >= 11 is 1.39. The predicted molar refractivity (Wildman–Crippen MR) is 60.1 cm³/mol. The van der Waals surface area contributed by atoms with Gasteiger partial charge in [-0.25, -0.2) is 0 Å². The van der Waals surface area contributed by atoms with E-state index >= 15 is 0 Å². The zero-order valence-electron chi connectivity index (χ0n) is 9.01. The summed E-state index contributed by atoms with van der Waals surface area (Å²) in [6.07, 6.45) is 3.95. The summed E-state index contributed by atoms with van der Waals surface area (Å²) < 4.78 is 5.27. The molecule has 6 heteroatoms. The molecular weight excluding hydrogens is 216 g/mol. The number of rotatable bonds is 5. The van der Waals surface area contributed by atoms with Crippen LogP contribution in [0.1, 0.15) is 6.42 Å². The molecule has 1 unspecified atom stereocenters. The van der Waals surface area contributed by atoms with Crippen molar-refractivity contribution in [3.05, 3.63) is 21.3 Å². The minimum absolute atomic E-state index is 0.409. The standard InChI is InChI=1S/C9H16N2O3S/c1-10(5-8-3-4-14-7-8)9(15-2)6-11(12)13/h6,8H,3-5,7H2,1-2H3. The van der Waals surface area contributed by atoms with Crippen LogP contribution in [-0.2, 0) is 4.74 Å². The number of nitro groups is 1. The van der Waals surface area contributed by atoms with Crippen LogP contribution in [0.5, 0.6) is 0 Å². The second-order valence-corrected chi connectivity index (χ2v) is 4.39. The lowest BCUT2D eigenvalue weighted by Crippen LogP contribution is -2.24. The monoisotopic (exact) mass is 232 g/mol. The first-order valence-electron chi connectivity index (χ1n) is 4.81. The Morgan fingerprint density at radius 2 is 2.53 bits per heavy atom. The normalized spacial score (nSPS) is 21.7. The number of ether oxygens (including phenoxy) is 1. The van der Waals surface area contributed by atoms with E-state index in [-0.39, 0.29) is 0 Å². The Labute approximate surface area is 93.6 Å². The van der Waals surface area contributed by atoms with E-state index in [1.165, 1.54) is 11.8 Å². The van der Waals surface area contributed by atoms with Crippen molar-refractivity contribution in [2.45, 2.75) is 6.42 Å². The summed E-state index contributed by atoms with van der Waals surface area (Å²) in [6, 6.07) is 0. The minimum atomic E-state index is -0.409. The third-order valence-corrected chi connectivity index (χ3v) is 3.19. The van der Waals surface area contributed by atoms with E-state index in [1.807, 2.05) is 18.2 Å². The molecule has 0 spiro atoms. The first kappa shape index (κ1) is 12.3. The first-order chi connectivity index (χ1) is 7.13. The minimum Gasteiger partial charge on any atom is -0.381 e. The molecule has 1 fully saturated rings. The molecule has 15 heavy (non-hydrogen) atoms. The molecule has 1 aliphatic rings. The van der Waals surface area contributed by atoms with Gasteiger partial charge in [0.15, 0.2) is 0 Å². The summed E-state index contributed by atoms with van der Waals surface area (Å²) in [6.45, 7) is 2.40. The second kappa shape index (κ2) is 5.97. The van der Waals surface area contributed by atoms with Gasteiger partial charge in [-0.3, -0.25) is 10.1 Å². The Morgan fingerprint density at radius 3 is 3.00 bits per heavy atom. The van der Waals surface area contributed by atoms with Gasteiger partial charge in [-0.1, -0.05) is 0 Å². The maximum atomic E-state index is 10.4. The van der Waals surface area contributed by atoms with Crippen LogP contribution in [0.4, 0.5) is 0 Å². The quantitative estimate of drug-likeness (QED) is 0.529. The lowest BCUT2D eigenvalue weighted by atomic mass is 10.1. The highest BCUT2D eigenvalue weighted by atomic mass is 32.2. The van der Waals surface area contributed by atoms with E-state index in [2.05, 4.69) is 0 Å². The Morgan fingerprint density at radius 1 is 1.80 bits per heavy atom. The molecule has 5 nitrogen and oxygen atoms in total. The molecule has 0 radical (unpaired) electrons. The molecule has 0 amide bonds. The SMILES string of the molecule is CSC(=C[N+](=O)[O-])N(C)CC1CCOC1. The van der Waals surface area contributed by atoms with Crippen LogP contribution < -0.4 is 0 Å². The van der Waals surface area contributed by atoms with E-state index < -0.39 is 4.92 Å². The number of hydrogen-bond acceptors (Lipinski definition) is 5. The fraction of sp³-hybridized carbons (Fsp3) is 0.778. The van der Waals surface area contributed by atoms with E-state index in [1.54, 1.807) is 0 Å². The zero-order valence-corrected chi connectivity index (χ0v) is 9.83. The molecule has 0 aliphatic carbocycles. The highest BCUT2D eigenvalue weighted by Gasteiger charge is 2.19. The third-order valence-electron chi connectivity index (χ3n) is 2.36. The van der Waals surface area contributed by atoms with Gasteiger partial charge in [0.05, 0.1) is 11.5 Å². The molecule has 0 aromatic carbocycles. The van der Waals surface area contributed by atoms with Crippen molar-refractivity contribution in [1.82, 2.24) is 4.90 Å². The van der Waals surface area contributed by atoms with E-state index in [9.17, 15) is 10.1 Å². The molecule has 86 valence electrons. The van der Waals surface area contributed by atoms with Crippen LogP contribution in [0, 0.1) is 16.0 Å². The van der Waals surface area contributed by atoms with Crippen molar-refractivity contribution >= 4 is 11.8 Å². The van der Waals surface area contributed by atoms with Crippen LogP contribution >= 0.6 is 11.8 Å². The fourth-order valence-electron chi connectivity index (χ4n) is 1.60. The van der Waals surface area contributed by atoms with E-state index in [0.29, 0.717) is 10.9 Å². The fourth-order valence-corrected chi connectivity index (χ4v) is 2.18. The molecule has 1 saturated heterocycles. The van der Waals surface area contributed by atoms with Crippen molar-refractivity contribution in [3.8, 4) is 0 Å². The molecule has 1 atom stereocenters. The van der Waals surface area contributed by atoms with Crippen molar-refractivity contribution in [2.24, 2.45) is 5.92 Å². The average Bonchev–Trinajstić information content (AvgIpc) is 2.66. The van der Waals surface area contributed by atoms with Gasteiger partial charge in [-0.15, -0.1) is 11.8 Å². The maximum Gasteiger partial charge on any atom is 0.264 e. The molecular formula is C9H16N2O3S. The second-order valence-electron chi connectivity index (χ2n) is 3.57. The topological polar surface area (TPSA) is 55.6 Å². The van der Waals surface area contributed by atoms with Gasteiger partial charge < -0.3 is 9.64 Å². The Kier molecular flexibility index (Phi) is 4.90. The summed E-state index contributed by atoms with van der Waals surface area (Å²) in [5.74, 6) is 0.498. The Balaban J connectivity index is 2.48. The van der Waals surface area contributed by atoms with Gasteiger partial charge in [-0.2, -0.15) is 0 Å². The largest absolute Gasteiger partial charge is 0.381 e. The molecule has 1 rings (SSSR count). The van der Waals surface area contributed by atoms with Gasteiger partial charge in [0.1, 0.15) is 5.03 Å². The lowest BCUT2D eigenvalue weighted by molar-refractivity contribution is -0.403. The van der Waals surface area contributed by atoms with Gasteiger partial charge in [0.25, 0.3) is 6.20 Å². The van der Waals surface area contributed by atoms with Crippen molar-refractivity contribution in [2.75, 3.05) is 33.1 Å². The summed E-state index contributed by atoms with van der Waals surface area (Å²) in [5.41, 5.74) is 0. The molecule has 0 aromatic rings. The average molecular weight is 232 g/mol.